The van der Waals surface area contributed by atoms with Crippen LogP contribution in [0, 0.1) is 30.0 Å². The van der Waals surface area contributed by atoms with Gasteiger partial charge in [-0.2, -0.15) is 5.10 Å². The number of rotatable bonds is 5. The molecule has 0 radical (unpaired) electrons. The number of halogens is 2. The molecule has 11 heteroatoms. The maximum atomic E-state index is 14.6. The monoisotopic (exact) mass is 563 g/mol. The molecule has 0 aliphatic carbocycles. The van der Waals surface area contributed by atoms with Gasteiger partial charge in [-0.05, 0) is 44.5 Å². The van der Waals surface area contributed by atoms with Gasteiger partial charge in [-0.25, -0.2) is 18.4 Å². The van der Waals surface area contributed by atoms with E-state index in [1.165, 1.54) is 36.1 Å². The van der Waals surface area contributed by atoms with Crippen LogP contribution in [0.5, 0.6) is 5.75 Å². The number of fused-ring (bicyclic) bond motifs is 1. The molecule has 3 aromatic rings. The Balaban J connectivity index is 1.35. The first-order valence-corrected chi connectivity index (χ1v) is 13.3. The highest BCUT2D eigenvalue weighted by molar-refractivity contribution is 5.82. The van der Waals surface area contributed by atoms with E-state index in [2.05, 4.69) is 9.94 Å². The predicted octanol–water partition coefficient (Wildman–Crippen LogP) is 5.38. The van der Waals surface area contributed by atoms with Gasteiger partial charge in [-0.3, -0.25) is 9.48 Å². The van der Waals surface area contributed by atoms with Crippen LogP contribution >= 0.6 is 0 Å². The highest BCUT2D eigenvalue weighted by Crippen LogP contribution is 2.36. The first-order valence-electron chi connectivity index (χ1n) is 13.3. The van der Waals surface area contributed by atoms with E-state index in [1.807, 2.05) is 20.8 Å². The molecule has 2 atom stereocenters. The van der Waals surface area contributed by atoms with E-state index in [9.17, 15) is 18.4 Å². The zero-order valence-corrected chi connectivity index (χ0v) is 23.4. The van der Waals surface area contributed by atoms with Crippen LogP contribution in [0.3, 0.4) is 0 Å². The molecule has 1 aromatic heterocycles. The van der Waals surface area contributed by atoms with E-state index >= 15 is 0 Å². The van der Waals surface area contributed by atoms with Gasteiger partial charge in [0.2, 0.25) is 11.6 Å². The van der Waals surface area contributed by atoms with Crippen molar-refractivity contribution in [2.45, 2.75) is 32.9 Å². The van der Waals surface area contributed by atoms with E-state index in [-0.39, 0.29) is 41.8 Å². The molecular weight excluding hydrogens is 532 g/mol. The first kappa shape index (κ1) is 28.1. The van der Waals surface area contributed by atoms with Gasteiger partial charge in [0.15, 0.2) is 11.6 Å². The fourth-order valence-electron chi connectivity index (χ4n) is 5.42. The molecule has 0 spiro atoms. The van der Waals surface area contributed by atoms with Gasteiger partial charge in [0.05, 0.1) is 13.7 Å². The molecule has 2 unspecified atom stereocenters. The summed E-state index contributed by atoms with van der Waals surface area (Å²) in [6.07, 6.45) is 1.30. The second kappa shape index (κ2) is 10.8. The minimum absolute atomic E-state index is 0.0660. The van der Waals surface area contributed by atoms with Crippen molar-refractivity contribution in [2.75, 3.05) is 33.3 Å². The number of hydrogen-bond donors (Lipinski definition) is 0. The van der Waals surface area contributed by atoms with E-state index in [4.69, 9.17) is 16.0 Å². The molecule has 2 saturated heterocycles. The number of hydrogen-bond acceptors (Lipinski definition) is 5. The minimum atomic E-state index is -0.695. The molecule has 3 heterocycles. The standard InChI is InChI=1S/C30H31F2N5O4/c1-30(2,3)41-29(39)36-14-20-12-35(13-21(20)15-36)27(38)17-37-16-22(18-7-9-26(40-5)24(32)10-18)28(34-37)19-6-8-25(33-4)23(31)11-19/h6-11,16,20-21H,12-15,17H2,1-3,5H3. The third-order valence-corrected chi connectivity index (χ3v) is 7.35. The lowest BCUT2D eigenvalue weighted by atomic mass is 10.0. The van der Waals surface area contributed by atoms with Crippen LogP contribution in [0.1, 0.15) is 20.8 Å². The summed E-state index contributed by atoms with van der Waals surface area (Å²) in [6, 6.07) is 8.60. The van der Waals surface area contributed by atoms with E-state index in [0.29, 0.717) is 48.6 Å². The number of amides is 2. The van der Waals surface area contributed by atoms with Gasteiger partial charge in [0.25, 0.3) is 0 Å². The quantitative estimate of drug-likeness (QED) is 0.390. The topological polar surface area (TPSA) is 81.3 Å². The Morgan fingerprint density at radius 2 is 1.63 bits per heavy atom. The van der Waals surface area contributed by atoms with Crippen molar-refractivity contribution in [3.63, 3.8) is 0 Å². The molecule has 2 aliphatic rings. The van der Waals surface area contributed by atoms with E-state index in [1.54, 1.807) is 28.1 Å². The highest BCUT2D eigenvalue weighted by atomic mass is 19.1. The van der Waals surface area contributed by atoms with Crippen LogP contribution in [0.4, 0.5) is 19.3 Å². The summed E-state index contributed by atoms with van der Waals surface area (Å²) in [7, 11) is 1.37. The molecule has 0 bridgehead atoms. The summed E-state index contributed by atoms with van der Waals surface area (Å²) in [5.41, 5.74) is 1.03. The van der Waals surface area contributed by atoms with Crippen LogP contribution in [0.2, 0.25) is 0 Å². The Hall–Kier alpha value is -4.46. The maximum Gasteiger partial charge on any atom is 0.410 e. The maximum absolute atomic E-state index is 14.6. The van der Waals surface area contributed by atoms with Crippen LogP contribution < -0.4 is 4.74 Å². The highest BCUT2D eigenvalue weighted by Gasteiger charge is 2.44. The lowest BCUT2D eigenvalue weighted by Gasteiger charge is -2.26. The molecule has 214 valence electrons. The summed E-state index contributed by atoms with van der Waals surface area (Å²) < 4.78 is 41.1. The Morgan fingerprint density at radius 3 is 2.22 bits per heavy atom. The second-order valence-electron chi connectivity index (χ2n) is 11.4. The Bertz CT molecular complexity index is 1530. The molecule has 2 fully saturated rings. The number of aromatic nitrogens is 2. The van der Waals surface area contributed by atoms with Crippen LogP contribution in [0.25, 0.3) is 27.2 Å². The van der Waals surface area contributed by atoms with E-state index < -0.39 is 17.2 Å². The SMILES string of the molecule is [C-]#[N+]c1ccc(-c2nn(CC(=O)N3CC4CN(C(=O)OC(C)(C)C)CC4C3)cc2-c2ccc(OC)c(F)c2)cc1F. The summed E-state index contributed by atoms with van der Waals surface area (Å²) in [5.74, 6) is -0.991. The molecule has 9 nitrogen and oxygen atoms in total. The Morgan fingerprint density at radius 1 is 1.00 bits per heavy atom. The molecule has 0 N–H and O–H groups in total. The lowest BCUT2D eigenvalue weighted by Crippen LogP contribution is -2.39. The number of likely N-dealkylation sites (tertiary alicyclic amines) is 2. The number of benzene rings is 2. The number of carbonyl (C=O) groups is 2. The molecule has 41 heavy (non-hydrogen) atoms. The van der Waals surface area contributed by atoms with Crippen molar-refractivity contribution in [1.82, 2.24) is 19.6 Å². The van der Waals surface area contributed by atoms with Crippen LogP contribution in [0.15, 0.2) is 42.6 Å². The zero-order valence-electron chi connectivity index (χ0n) is 23.4. The second-order valence-corrected chi connectivity index (χ2v) is 11.4. The average Bonchev–Trinajstić information content (AvgIpc) is 3.61. The molecular formula is C30H31F2N5O4. The smallest absolute Gasteiger partial charge is 0.410 e. The third-order valence-electron chi connectivity index (χ3n) is 7.35. The van der Waals surface area contributed by atoms with Crippen molar-refractivity contribution < 1.29 is 27.8 Å². The summed E-state index contributed by atoms with van der Waals surface area (Å²) in [6.45, 7) is 14.7. The Kier molecular flexibility index (Phi) is 7.43. The number of carbonyl (C=O) groups excluding carboxylic acids is 2. The Labute approximate surface area is 237 Å². The van der Waals surface area contributed by atoms with Crippen LogP contribution in [-0.4, -0.2) is 70.5 Å². The zero-order chi connectivity index (χ0) is 29.5. The van der Waals surface area contributed by atoms with Crippen molar-refractivity contribution in [1.29, 1.82) is 0 Å². The van der Waals surface area contributed by atoms with Crippen molar-refractivity contribution in [2.24, 2.45) is 11.8 Å². The number of ether oxygens (including phenoxy) is 2. The normalized spacial score (nSPS) is 18.3. The summed E-state index contributed by atoms with van der Waals surface area (Å²) >= 11 is 0. The molecule has 0 saturated carbocycles. The fraction of sp³-hybridized carbons (Fsp3) is 0.400. The van der Waals surface area contributed by atoms with Gasteiger partial charge in [-0.1, -0.05) is 18.2 Å². The van der Waals surface area contributed by atoms with E-state index in [0.717, 1.165) is 0 Å². The minimum Gasteiger partial charge on any atom is -0.494 e. The summed E-state index contributed by atoms with van der Waals surface area (Å²) in [4.78, 5) is 32.4. The molecule has 2 aliphatic heterocycles. The molecule has 2 aromatic carbocycles. The van der Waals surface area contributed by atoms with Gasteiger partial charge in [0, 0.05) is 55.3 Å². The van der Waals surface area contributed by atoms with Gasteiger partial charge in [0.1, 0.15) is 23.7 Å². The predicted molar refractivity (Wildman–Crippen MR) is 147 cm³/mol. The molecule has 2 amide bonds. The van der Waals surface area contributed by atoms with Gasteiger partial charge >= 0.3 is 6.09 Å². The largest absolute Gasteiger partial charge is 0.494 e. The fourth-order valence-corrected chi connectivity index (χ4v) is 5.42. The number of nitrogens with zero attached hydrogens (tertiary/aromatic N) is 5. The molecule has 5 rings (SSSR count). The summed E-state index contributed by atoms with van der Waals surface area (Å²) in [5, 5.41) is 4.58. The third kappa shape index (κ3) is 5.87. The van der Waals surface area contributed by atoms with Crippen molar-refractivity contribution >= 4 is 17.7 Å². The lowest BCUT2D eigenvalue weighted by molar-refractivity contribution is -0.131. The van der Waals surface area contributed by atoms with Crippen LogP contribution in [-0.2, 0) is 16.1 Å². The van der Waals surface area contributed by atoms with Gasteiger partial charge in [-0.15, -0.1) is 0 Å². The first-order chi connectivity index (χ1) is 19.5. The van der Waals surface area contributed by atoms with Crippen molar-refractivity contribution in [3.05, 3.63) is 65.6 Å². The number of methoxy groups -OCH3 is 1. The van der Waals surface area contributed by atoms with Gasteiger partial charge < -0.3 is 19.3 Å². The average molecular weight is 564 g/mol. The van der Waals surface area contributed by atoms with Crippen molar-refractivity contribution in [3.8, 4) is 28.1 Å².